The highest BCUT2D eigenvalue weighted by atomic mass is 35.5. The highest BCUT2D eigenvalue weighted by Crippen LogP contribution is 2.37. The topological polar surface area (TPSA) is 97.3 Å². The molecule has 0 unspecified atom stereocenters. The van der Waals surface area contributed by atoms with E-state index < -0.39 is 5.82 Å². The predicted molar refractivity (Wildman–Crippen MR) is 152 cm³/mol. The van der Waals surface area contributed by atoms with Gasteiger partial charge in [0.2, 0.25) is 0 Å². The third kappa shape index (κ3) is 5.85. The van der Waals surface area contributed by atoms with Gasteiger partial charge in [0.05, 0.1) is 51.7 Å². The van der Waals surface area contributed by atoms with Crippen LogP contribution in [0.15, 0.2) is 78.8 Å². The van der Waals surface area contributed by atoms with Crippen LogP contribution >= 0.6 is 23.2 Å². The first-order valence-corrected chi connectivity index (χ1v) is 12.8. The van der Waals surface area contributed by atoms with Gasteiger partial charge in [0, 0.05) is 36.3 Å². The summed E-state index contributed by atoms with van der Waals surface area (Å²) >= 11 is 12.7. The van der Waals surface area contributed by atoms with Crippen LogP contribution in [0.25, 0.3) is 10.9 Å². The second kappa shape index (κ2) is 11.8. The zero-order valence-electron chi connectivity index (χ0n) is 20.8. The van der Waals surface area contributed by atoms with Gasteiger partial charge in [0.25, 0.3) is 0 Å². The van der Waals surface area contributed by atoms with Gasteiger partial charge < -0.3 is 20.8 Å². The molecule has 198 valence electrons. The molecule has 5 rings (SSSR count). The molecule has 0 aliphatic carbocycles. The highest BCUT2D eigenvalue weighted by Gasteiger charge is 2.23. The van der Waals surface area contributed by atoms with Gasteiger partial charge in [-0.3, -0.25) is 9.99 Å². The number of halogens is 3. The van der Waals surface area contributed by atoms with Crippen LogP contribution in [0.4, 0.5) is 21.5 Å². The molecule has 1 atom stereocenters. The van der Waals surface area contributed by atoms with Gasteiger partial charge in [-0.25, -0.2) is 4.39 Å². The normalized spacial score (nSPS) is 13.5. The average molecular weight is 564 g/mol. The summed E-state index contributed by atoms with van der Waals surface area (Å²) in [5, 5.41) is 19.5. The molecule has 0 saturated heterocycles. The van der Waals surface area contributed by atoms with Crippen LogP contribution in [-0.4, -0.2) is 30.3 Å². The second-order valence-electron chi connectivity index (χ2n) is 8.76. The number of nitriles is 1. The number of hydrogen-bond donors (Lipinski definition) is 4. The monoisotopic (exact) mass is 563 g/mol. The van der Waals surface area contributed by atoms with Crippen molar-refractivity contribution < 1.29 is 9.13 Å². The fourth-order valence-electron chi connectivity index (χ4n) is 4.26. The maximum Gasteiger partial charge on any atom is 0.141 e. The van der Waals surface area contributed by atoms with Gasteiger partial charge in [-0.1, -0.05) is 53.5 Å². The van der Waals surface area contributed by atoms with Crippen molar-refractivity contribution in [3.05, 3.63) is 106 Å². The summed E-state index contributed by atoms with van der Waals surface area (Å²) in [5.41, 5.74) is 10.8. The number of nitrogens with zero attached hydrogens (tertiary/aromatic N) is 3. The van der Waals surface area contributed by atoms with Crippen molar-refractivity contribution >= 4 is 51.2 Å². The fourth-order valence-corrected chi connectivity index (χ4v) is 4.71. The molecular formula is C28H24Cl2FN7O. The number of fused-ring (bicyclic) bond motifs is 1. The Labute approximate surface area is 234 Å². The molecule has 4 N–H and O–H groups in total. The molecule has 8 nitrogen and oxygen atoms in total. The van der Waals surface area contributed by atoms with Crippen molar-refractivity contribution in [1.82, 2.24) is 21.0 Å². The minimum atomic E-state index is -0.533. The summed E-state index contributed by atoms with van der Waals surface area (Å²) in [6.07, 6.45) is 3.43. The smallest absolute Gasteiger partial charge is 0.141 e. The number of aromatic nitrogens is 1. The molecule has 0 saturated carbocycles. The predicted octanol–water partition coefficient (Wildman–Crippen LogP) is 6.26. The molecule has 2 heterocycles. The van der Waals surface area contributed by atoms with Gasteiger partial charge in [-0.05, 0) is 35.9 Å². The Bertz CT molecular complexity index is 1580. The number of benzene rings is 3. The van der Waals surface area contributed by atoms with E-state index in [9.17, 15) is 9.65 Å². The Morgan fingerprint density at radius 3 is 2.64 bits per heavy atom. The van der Waals surface area contributed by atoms with Crippen LogP contribution in [0.1, 0.15) is 17.2 Å². The molecular weight excluding hydrogens is 540 g/mol. The van der Waals surface area contributed by atoms with Crippen molar-refractivity contribution in [2.24, 2.45) is 0 Å². The first-order chi connectivity index (χ1) is 19.0. The fraction of sp³-hybridized carbons (Fsp3) is 0.143. The number of hydrogen-bond acceptors (Lipinski definition) is 8. The Balaban J connectivity index is 1.56. The SMILES string of the molecule is COCCN1C=C([C@@H](Nc2cc(Cl)c3ncc(C#N)c(Nc4ccc(F)c(Cl)c4)c3c2)c2ccccc2)NN1. The molecule has 4 aromatic rings. The van der Waals surface area contributed by atoms with E-state index in [0.717, 1.165) is 11.3 Å². The van der Waals surface area contributed by atoms with Gasteiger partial charge in [0.15, 0.2) is 0 Å². The third-order valence-electron chi connectivity index (χ3n) is 6.16. The van der Waals surface area contributed by atoms with E-state index in [1.165, 1.54) is 18.3 Å². The molecule has 0 bridgehead atoms. The Morgan fingerprint density at radius 2 is 1.90 bits per heavy atom. The number of hydrazine groups is 2. The molecule has 1 aromatic heterocycles. The van der Waals surface area contributed by atoms with Crippen LogP contribution in [0.3, 0.4) is 0 Å². The lowest BCUT2D eigenvalue weighted by molar-refractivity contribution is 0.148. The molecule has 1 aliphatic heterocycles. The Kier molecular flexibility index (Phi) is 8.00. The van der Waals surface area contributed by atoms with Gasteiger partial charge in [0.1, 0.15) is 11.9 Å². The highest BCUT2D eigenvalue weighted by molar-refractivity contribution is 6.36. The Morgan fingerprint density at radius 1 is 1.10 bits per heavy atom. The van der Waals surface area contributed by atoms with Crippen molar-refractivity contribution in [3.63, 3.8) is 0 Å². The zero-order valence-corrected chi connectivity index (χ0v) is 22.3. The standard InChI is InChI=1S/C28H24Cl2FN7O/c1-39-10-9-38-16-25(36-37-38)27(17-5-3-2-4-6-17)35-20-11-21-26(34-19-7-8-24(31)22(29)12-19)18(14-32)15-33-28(21)23(30)13-20/h2-8,11-13,15-16,27,35-37H,9-10H2,1H3,(H,33,34)/t27-/m0/s1. The van der Waals surface area contributed by atoms with Gasteiger partial charge in [-0.2, -0.15) is 5.26 Å². The van der Waals surface area contributed by atoms with Crippen LogP contribution < -0.4 is 21.6 Å². The minimum absolute atomic E-state index is 0.0338. The zero-order chi connectivity index (χ0) is 27.4. The summed E-state index contributed by atoms with van der Waals surface area (Å²) in [6, 6.07) is 19.8. The number of ether oxygens (including phenoxy) is 1. The van der Waals surface area contributed by atoms with Crippen molar-refractivity contribution in [1.29, 1.82) is 5.26 Å². The van der Waals surface area contributed by atoms with Crippen LogP contribution in [0, 0.1) is 17.1 Å². The number of nitrogens with one attached hydrogen (secondary N) is 4. The lowest BCUT2D eigenvalue weighted by Crippen LogP contribution is -2.39. The van der Waals surface area contributed by atoms with Crippen LogP contribution in [-0.2, 0) is 4.74 Å². The van der Waals surface area contributed by atoms with Gasteiger partial charge in [-0.15, -0.1) is 5.53 Å². The van der Waals surface area contributed by atoms with E-state index in [1.807, 2.05) is 47.6 Å². The van der Waals surface area contributed by atoms with E-state index >= 15 is 0 Å². The molecule has 0 spiro atoms. The molecule has 11 heteroatoms. The lowest BCUT2D eigenvalue weighted by atomic mass is 10.0. The number of pyridine rings is 1. The lowest BCUT2D eigenvalue weighted by Gasteiger charge is -2.22. The molecule has 0 fully saturated rings. The third-order valence-corrected chi connectivity index (χ3v) is 6.74. The van der Waals surface area contributed by atoms with Gasteiger partial charge >= 0.3 is 0 Å². The molecule has 1 aliphatic rings. The quantitative estimate of drug-likeness (QED) is 0.189. The second-order valence-corrected chi connectivity index (χ2v) is 9.58. The van der Waals surface area contributed by atoms with Crippen LogP contribution in [0.2, 0.25) is 10.0 Å². The van der Waals surface area contributed by atoms with Crippen molar-refractivity contribution in [2.75, 3.05) is 30.9 Å². The summed E-state index contributed by atoms with van der Waals surface area (Å²) < 4.78 is 18.9. The first-order valence-electron chi connectivity index (χ1n) is 12.0. The molecule has 39 heavy (non-hydrogen) atoms. The van der Waals surface area contributed by atoms with E-state index in [2.05, 4.69) is 32.6 Å². The number of anilines is 3. The Hall–Kier alpha value is -4.07. The summed E-state index contributed by atoms with van der Waals surface area (Å²) in [4.78, 5) is 4.42. The number of methoxy groups -OCH3 is 1. The van der Waals surface area contributed by atoms with E-state index in [0.29, 0.717) is 51.7 Å². The maximum absolute atomic E-state index is 13.7. The summed E-state index contributed by atoms with van der Waals surface area (Å²) in [6.45, 7) is 1.22. The first kappa shape index (κ1) is 26.5. The summed E-state index contributed by atoms with van der Waals surface area (Å²) in [7, 11) is 1.66. The van der Waals surface area contributed by atoms with E-state index in [4.69, 9.17) is 27.9 Å². The van der Waals surface area contributed by atoms with E-state index in [-0.39, 0.29) is 11.1 Å². The van der Waals surface area contributed by atoms with E-state index in [1.54, 1.807) is 19.2 Å². The maximum atomic E-state index is 13.7. The minimum Gasteiger partial charge on any atom is -0.383 e. The molecule has 0 amide bonds. The molecule has 0 radical (unpaired) electrons. The average Bonchev–Trinajstić information content (AvgIpc) is 3.42. The van der Waals surface area contributed by atoms with Crippen molar-refractivity contribution in [3.8, 4) is 6.07 Å². The summed E-state index contributed by atoms with van der Waals surface area (Å²) in [5.74, 6) is -0.533. The van der Waals surface area contributed by atoms with Crippen molar-refractivity contribution in [2.45, 2.75) is 6.04 Å². The number of rotatable bonds is 9. The molecule has 3 aromatic carbocycles. The largest absolute Gasteiger partial charge is 0.383 e. The van der Waals surface area contributed by atoms with Crippen LogP contribution in [0.5, 0.6) is 0 Å².